The van der Waals surface area contributed by atoms with Crippen LogP contribution in [0.25, 0.3) is 0 Å². The van der Waals surface area contributed by atoms with Crippen molar-refractivity contribution in [3.63, 3.8) is 0 Å². The summed E-state index contributed by atoms with van der Waals surface area (Å²) in [6.07, 6.45) is 3.21. The summed E-state index contributed by atoms with van der Waals surface area (Å²) in [5.41, 5.74) is 7.64. The average Bonchev–Trinajstić information content (AvgIpc) is 2.24. The Kier molecular flexibility index (Phi) is 2.97. The van der Waals surface area contributed by atoms with Gasteiger partial charge in [-0.15, -0.1) is 0 Å². The summed E-state index contributed by atoms with van der Waals surface area (Å²) in [4.78, 5) is 11.9. The summed E-state index contributed by atoms with van der Waals surface area (Å²) in [6, 6.07) is 7.59. The molecule has 86 valence electrons. The molecule has 1 aromatic rings. The van der Waals surface area contributed by atoms with E-state index in [0.29, 0.717) is 6.54 Å². The molecule has 0 radical (unpaired) electrons. The van der Waals surface area contributed by atoms with Crippen molar-refractivity contribution in [1.82, 2.24) is 5.32 Å². The molecule has 1 amide bonds. The lowest BCUT2D eigenvalue weighted by Crippen LogP contribution is -2.54. The van der Waals surface area contributed by atoms with Crippen LogP contribution in [0.15, 0.2) is 24.3 Å². The van der Waals surface area contributed by atoms with Gasteiger partial charge in [0, 0.05) is 17.6 Å². The van der Waals surface area contributed by atoms with E-state index in [1.807, 2.05) is 31.2 Å². The molecule has 0 bridgehead atoms. The van der Waals surface area contributed by atoms with Gasteiger partial charge in [-0.2, -0.15) is 0 Å². The number of benzene rings is 1. The summed E-state index contributed by atoms with van der Waals surface area (Å²) in [5, 5.41) is 2.92. The molecule has 16 heavy (non-hydrogen) atoms. The van der Waals surface area contributed by atoms with E-state index in [2.05, 4.69) is 5.32 Å². The van der Waals surface area contributed by atoms with Crippen molar-refractivity contribution in [1.29, 1.82) is 0 Å². The predicted molar refractivity (Wildman–Crippen MR) is 64.3 cm³/mol. The summed E-state index contributed by atoms with van der Waals surface area (Å²) < 4.78 is 0. The van der Waals surface area contributed by atoms with E-state index in [1.54, 1.807) is 0 Å². The standard InChI is InChI=1S/C13H18N2O/c1-10-5-2-3-6-11(10)12(16)15-9-13(14)7-4-8-13/h2-3,5-6H,4,7-9,14H2,1H3,(H,15,16). The van der Waals surface area contributed by atoms with Crippen LogP contribution >= 0.6 is 0 Å². The van der Waals surface area contributed by atoms with Gasteiger partial charge in [0.25, 0.3) is 5.91 Å². The van der Waals surface area contributed by atoms with Crippen molar-refractivity contribution in [2.75, 3.05) is 6.54 Å². The number of aryl methyl sites for hydroxylation is 1. The summed E-state index contributed by atoms with van der Waals surface area (Å²) in [5.74, 6) is -0.0187. The summed E-state index contributed by atoms with van der Waals surface area (Å²) in [7, 11) is 0. The lowest BCUT2D eigenvalue weighted by molar-refractivity contribution is 0.0929. The Morgan fingerprint density at radius 1 is 1.44 bits per heavy atom. The van der Waals surface area contributed by atoms with Crippen LogP contribution < -0.4 is 11.1 Å². The Morgan fingerprint density at radius 3 is 2.69 bits per heavy atom. The number of nitrogens with one attached hydrogen (secondary N) is 1. The van der Waals surface area contributed by atoms with Crippen molar-refractivity contribution in [3.05, 3.63) is 35.4 Å². The number of rotatable bonds is 3. The fourth-order valence-corrected chi connectivity index (χ4v) is 1.99. The summed E-state index contributed by atoms with van der Waals surface area (Å²) in [6.45, 7) is 2.52. The highest BCUT2D eigenvalue weighted by Crippen LogP contribution is 2.28. The van der Waals surface area contributed by atoms with Gasteiger partial charge < -0.3 is 11.1 Å². The highest BCUT2D eigenvalue weighted by atomic mass is 16.1. The van der Waals surface area contributed by atoms with Gasteiger partial charge in [0.1, 0.15) is 0 Å². The van der Waals surface area contributed by atoms with Crippen molar-refractivity contribution < 1.29 is 4.79 Å². The molecule has 1 aliphatic rings. The first-order valence-corrected chi connectivity index (χ1v) is 5.73. The lowest BCUT2D eigenvalue weighted by Gasteiger charge is -2.38. The molecule has 1 aromatic carbocycles. The minimum atomic E-state index is -0.154. The second-order valence-electron chi connectivity index (χ2n) is 4.71. The molecule has 0 aliphatic heterocycles. The highest BCUT2D eigenvalue weighted by molar-refractivity contribution is 5.95. The van der Waals surface area contributed by atoms with Gasteiger partial charge in [-0.25, -0.2) is 0 Å². The smallest absolute Gasteiger partial charge is 0.251 e. The number of carbonyl (C=O) groups excluding carboxylic acids is 1. The average molecular weight is 218 g/mol. The van der Waals surface area contributed by atoms with Crippen LogP contribution in [0.3, 0.4) is 0 Å². The quantitative estimate of drug-likeness (QED) is 0.809. The Morgan fingerprint density at radius 2 is 2.12 bits per heavy atom. The first kappa shape index (κ1) is 11.1. The molecular weight excluding hydrogens is 200 g/mol. The molecule has 3 nitrogen and oxygen atoms in total. The third-order valence-corrected chi connectivity index (χ3v) is 3.34. The maximum atomic E-state index is 11.9. The van der Waals surface area contributed by atoms with Crippen LogP contribution in [-0.2, 0) is 0 Å². The zero-order chi connectivity index (χ0) is 11.6. The van der Waals surface area contributed by atoms with Gasteiger partial charge in [0.15, 0.2) is 0 Å². The van der Waals surface area contributed by atoms with E-state index in [1.165, 1.54) is 6.42 Å². The first-order chi connectivity index (χ1) is 7.61. The number of hydrogen-bond donors (Lipinski definition) is 2. The largest absolute Gasteiger partial charge is 0.350 e. The van der Waals surface area contributed by atoms with Gasteiger partial charge in [-0.3, -0.25) is 4.79 Å². The molecule has 2 rings (SSSR count). The topological polar surface area (TPSA) is 55.1 Å². The Hall–Kier alpha value is -1.35. The van der Waals surface area contributed by atoms with Gasteiger partial charge in [-0.1, -0.05) is 18.2 Å². The number of carbonyl (C=O) groups is 1. The lowest BCUT2D eigenvalue weighted by atomic mass is 9.78. The minimum Gasteiger partial charge on any atom is -0.350 e. The van der Waals surface area contributed by atoms with Crippen LogP contribution in [-0.4, -0.2) is 18.0 Å². The molecule has 1 aliphatic carbocycles. The van der Waals surface area contributed by atoms with Crippen LogP contribution in [0.4, 0.5) is 0 Å². The van der Waals surface area contributed by atoms with E-state index < -0.39 is 0 Å². The molecule has 0 saturated heterocycles. The molecular formula is C13H18N2O. The highest BCUT2D eigenvalue weighted by Gasteiger charge is 2.32. The van der Waals surface area contributed by atoms with Gasteiger partial charge >= 0.3 is 0 Å². The normalized spacial score (nSPS) is 17.6. The van der Waals surface area contributed by atoms with E-state index in [9.17, 15) is 4.79 Å². The predicted octanol–water partition coefficient (Wildman–Crippen LogP) is 1.61. The second kappa shape index (κ2) is 4.26. The monoisotopic (exact) mass is 218 g/mol. The Bertz CT molecular complexity index is 397. The molecule has 1 fully saturated rings. The first-order valence-electron chi connectivity index (χ1n) is 5.73. The fraction of sp³-hybridized carbons (Fsp3) is 0.462. The zero-order valence-electron chi connectivity index (χ0n) is 9.62. The summed E-state index contributed by atoms with van der Waals surface area (Å²) >= 11 is 0. The SMILES string of the molecule is Cc1ccccc1C(=O)NCC1(N)CCC1. The van der Waals surface area contributed by atoms with Gasteiger partial charge in [-0.05, 0) is 37.8 Å². The molecule has 0 heterocycles. The van der Waals surface area contributed by atoms with Crippen molar-refractivity contribution in [2.24, 2.45) is 5.73 Å². The number of nitrogens with two attached hydrogens (primary N) is 1. The van der Waals surface area contributed by atoms with Crippen molar-refractivity contribution >= 4 is 5.91 Å². The molecule has 0 atom stereocenters. The Labute approximate surface area is 96.0 Å². The van der Waals surface area contributed by atoms with Gasteiger partial charge in [0.05, 0.1) is 0 Å². The maximum Gasteiger partial charge on any atom is 0.251 e. The molecule has 3 heteroatoms. The third-order valence-electron chi connectivity index (χ3n) is 3.34. The molecule has 0 unspecified atom stereocenters. The zero-order valence-corrected chi connectivity index (χ0v) is 9.62. The third kappa shape index (κ3) is 2.25. The van der Waals surface area contributed by atoms with E-state index in [0.717, 1.165) is 24.0 Å². The van der Waals surface area contributed by atoms with Crippen LogP contribution in [0.5, 0.6) is 0 Å². The van der Waals surface area contributed by atoms with E-state index in [-0.39, 0.29) is 11.4 Å². The van der Waals surface area contributed by atoms with Crippen molar-refractivity contribution in [3.8, 4) is 0 Å². The van der Waals surface area contributed by atoms with Gasteiger partial charge in [0.2, 0.25) is 0 Å². The fourth-order valence-electron chi connectivity index (χ4n) is 1.99. The van der Waals surface area contributed by atoms with Crippen molar-refractivity contribution in [2.45, 2.75) is 31.7 Å². The van der Waals surface area contributed by atoms with E-state index in [4.69, 9.17) is 5.73 Å². The van der Waals surface area contributed by atoms with Crippen LogP contribution in [0, 0.1) is 6.92 Å². The number of hydrogen-bond acceptors (Lipinski definition) is 2. The number of amides is 1. The van der Waals surface area contributed by atoms with E-state index >= 15 is 0 Å². The molecule has 1 saturated carbocycles. The minimum absolute atomic E-state index is 0.0187. The Balaban J connectivity index is 1.96. The second-order valence-corrected chi connectivity index (χ2v) is 4.71. The molecule has 0 spiro atoms. The van der Waals surface area contributed by atoms with Crippen LogP contribution in [0.1, 0.15) is 35.2 Å². The molecule has 0 aromatic heterocycles. The molecule has 3 N–H and O–H groups in total. The van der Waals surface area contributed by atoms with Crippen LogP contribution in [0.2, 0.25) is 0 Å². The maximum absolute atomic E-state index is 11.9.